The molecule has 0 bridgehead atoms. The Morgan fingerprint density at radius 3 is 1.26 bits per heavy atom. The summed E-state index contributed by atoms with van der Waals surface area (Å²) < 4.78 is 39.3. The highest BCUT2D eigenvalue weighted by Gasteiger charge is 2.28. The predicted molar refractivity (Wildman–Crippen MR) is 288 cm³/mol. The van der Waals surface area contributed by atoms with Gasteiger partial charge >= 0.3 is 25.7 Å². The minimum absolute atomic E-state index is 0.0846. The van der Waals surface area contributed by atoms with E-state index in [0.717, 1.165) is 109 Å². The summed E-state index contributed by atoms with van der Waals surface area (Å²) in [5.74, 6) is -1.56. The van der Waals surface area contributed by atoms with Crippen molar-refractivity contribution in [2.75, 3.05) is 26.4 Å². The Hall–Kier alpha value is -3.34. The van der Waals surface area contributed by atoms with Gasteiger partial charge in [-0.05, 0) is 103 Å². The van der Waals surface area contributed by atoms with E-state index in [-0.39, 0.29) is 25.9 Å². The van der Waals surface area contributed by atoms with Crippen molar-refractivity contribution < 1.29 is 52.2 Å². The second-order valence-corrected chi connectivity index (χ2v) is 19.5. The van der Waals surface area contributed by atoms with Crippen LogP contribution in [0.15, 0.2) is 85.1 Å². The Bertz CT molecular complexity index is 1500. The van der Waals surface area contributed by atoms with Gasteiger partial charge in [0.2, 0.25) is 0 Å². The Kier molecular flexibility index (Phi) is 49.5. The van der Waals surface area contributed by atoms with Gasteiger partial charge in [0.05, 0.1) is 19.8 Å². The predicted octanol–water partition coefficient (Wildman–Crippen LogP) is 15.9. The number of aliphatic hydroxyl groups is 1. The molecule has 0 rings (SSSR count). The molecule has 0 aromatic carbocycles. The molecule has 11 nitrogen and oxygen atoms in total. The van der Waals surface area contributed by atoms with Gasteiger partial charge in [-0.15, -0.1) is 0 Å². The third-order valence-corrected chi connectivity index (χ3v) is 12.2. The number of aliphatic hydroxyl groups excluding tert-OH is 1. The molecule has 0 aromatic heterocycles. The van der Waals surface area contributed by atoms with Gasteiger partial charge in [-0.25, -0.2) is 4.57 Å². The first-order chi connectivity index (χ1) is 34.2. The van der Waals surface area contributed by atoms with Crippen molar-refractivity contribution in [3.63, 3.8) is 0 Å². The van der Waals surface area contributed by atoms with Gasteiger partial charge in [-0.3, -0.25) is 23.4 Å². The van der Waals surface area contributed by atoms with E-state index in [2.05, 4.69) is 93.7 Å². The minimum Gasteiger partial charge on any atom is -0.462 e. The summed E-state index contributed by atoms with van der Waals surface area (Å²) in [4.78, 5) is 48.4. The lowest BCUT2D eigenvalue weighted by atomic mass is 10.1. The van der Waals surface area contributed by atoms with Crippen molar-refractivity contribution >= 4 is 25.7 Å². The fraction of sp³-hybridized carbons (Fsp3) is 0.707. The molecular weight excluding hydrogens is 904 g/mol. The van der Waals surface area contributed by atoms with Crippen LogP contribution in [0.25, 0.3) is 0 Å². The number of phosphoric acid groups is 1. The SMILES string of the molecule is CC/C=C\C/C=C\C/C=C\C/C=C\C/C=C\CCCC(=O)OC(COC(=O)CCCCCCC/C=C\CCCCCCCC)COP(=O)(O)OCC(CO)OC(=O)CCCCCCC/C=C\CCCC. The van der Waals surface area contributed by atoms with Gasteiger partial charge in [-0.2, -0.15) is 0 Å². The Balaban J connectivity index is 4.85. The zero-order valence-electron chi connectivity index (χ0n) is 44.2. The maximum absolute atomic E-state index is 12.9. The zero-order chi connectivity index (χ0) is 51.3. The second kappa shape index (κ2) is 52.0. The van der Waals surface area contributed by atoms with Crippen LogP contribution in [0, 0.1) is 0 Å². The van der Waals surface area contributed by atoms with Gasteiger partial charge in [0, 0.05) is 19.3 Å². The van der Waals surface area contributed by atoms with Crippen molar-refractivity contribution in [3.8, 4) is 0 Å². The lowest BCUT2D eigenvalue weighted by molar-refractivity contribution is -0.161. The highest BCUT2D eigenvalue weighted by Crippen LogP contribution is 2.43. The van der Waals surface area contributed by atoms with Crippen LogP contribution in [0.1, 0.15) is 226 Å². The lowest BCUT2D eigenvalue weighted by Crippen LogP contribution is -2.30. The quantitative estimate of drug-likeness (QED) is 0.0197. The number of phosphoric ester groups is 1. The second-order valence-electron chi connectivity index (χ2n) is 18.0. The maximum Gasteiger partial charge on any atom is 0.472 e. The molecule has 2 N–H and O–H groups in total. The molecule has 0 radical (unpaired) electrons. The van der Waals surface area contributed by atoms with E-state index in [4.69, 9.17) is 23.3 Å². The number of allylic oxidation sites excluding steroid dienone is 14. The van der Waals surface area contributed by atoms with Gasteiger partial charge in [0.15, 0.2) is 6.10 Å². The lowest BCUT2D eigenvalue weighted by Gasteiger charge is -2.21. The fourth-order valence-electron chi connectivity index (χ4n) is 7.07. The van der Waals surface area contributed by atoms with Crippen LogP contribution in [0.5, 0.6) is 0 Å². The first-order valence-corrected chi connectivity index (χ1v) is 29.0. The van der Waals surface area contributed by atoms with E-state index >= 15 is 0 Å². The Morgan fingerprint density at radius 2 is 0.771 bits per heavy atom. The van der Waals surface area contributed by atoms with Gasteiger partial charge in [0.1, 0.15) is 12.7 Å². The normalized spacial score (nSPS) is 14.1. The molecule has 3 unspecified atom stereocenters. The van der Waals surface area contributed by atoms with Gasteiger partial charge < -0.3 is 24.2 Å². The minimum atomic E-state index is -4.76. The molecule has 0 heterocycles. The zero-order valence-corrected chi connectivity index (χ0v) is 45.1. The summed E-state index contributed by atoms with van der Waals surface area (Å²) in [6, 6.07) is 0. The van der Waals surface area contributed by atoms with Crippen molar-refractivity contribution in [1.29, 1.82) is 0 Å². The maximum atomic E-state index is 12.9. The summed E-state index contributed by atoms with van der Waals surface area (Å²) in [5.41, 5.74) is 0. The molecule has 0 saturated heterocycles. The van der Waals surface area contributed by atoms with E-state index in [9.17, 15) is 28.9 Å². The molecular formula is C58H99O11P. The number of esters is 3. The number of unbranched alkanes of at least 4 members (excludes halogenated alkanes) is 19. The van der Waals surface area contributed by atoms with Crippen LogP contribution in [0.2, 0.25) is 0 Å². The van der Waals surface area contributed by atoms with Gasteiger partial charge in [0.25, 0.3) is 0 Å². The summed E-state index contributed by atoms with van der Waals surface area (Å²) >= 11 is 0. The molecule has 402 valence electrons. The molecule has 0 aromatic rings. The number of ether oxygens (including phenoxy) is 3. The number of hydrogen-bond acceptors (Lipinski definition) is 10. The smallest absolute Gasteiger partial charge is 0.462 e. The Morgan fingerprint density at radius 1 is 0.414 bits per heavy atom. The summed E-state index contributed by atoms with van der Waals surface area (Å²) in [6.07, 6.45) is 58.4. The summed E-state index contributed by atoms with van der Waals surface area (Å²) in [5, 5.41) is 9.77. The average molecular weight is 1000 g/mol. The third kappa shape index (κ3) is 49.6. The largest absolute Gasteiger partial charge is 0.472 e. The highest BCUT2D eigenvalue weighted by molar-refractivity contribution is 7.47. The summed E-state index contributed by atoms with van der Waals surface area (Å²) in [7, 11) is -4.76. The standard InChI is InChI=1S/C58H99O11P/c1-4-7-10-13-16-19-22-24-26-27-29-31-34-37-40-43-46-49-58(62)69-55(51-65-56(60)47-44-41-38-35-33-30-28-25-23-20-17-14-11-8-5-2)53-67-70(63,64)66-52-54(50-59)68-57(61)48-45-42-39-36-32-21-18-15-12-9-6-3/h7,10,15-16,18-19,24-26,28-29,31,37,40,54-55,59H,4-6,8-9,11-14,17,20-23,27,30,32-36,38-39,41-53H2,1-3H3,(H,63,64)/b10-7-,18-15-,19-16-,26-24-,28-25-,31-29-,40-37-. The average Bonchev–Trinajstić information content (AvgIpc) is 3.35. The van der Waals surface area contributed by atoms with E-state index in [0.29, 0.717) is 25.7 Å². The van der Waals surface area contributed by atoms with E-state index < -0.39 is 57.8 Å². The molecule has 0 saturated carbocycles. The molecule has 0 aliphatic rings. The van der Waals surface area contributed by atoms with Crippen molar-refractivity contribution in [1.82, 2.24) is 0 Å². The van der Waals surface area contributed by atoms with Crippen LogP contribution >= 0.6 is 7.82 Å². The van der Waals surface area contributed by atoms with Crippen molar-refractivity contribution in [2.45, 2.75) is 238 Å². The number of carbonyl (C=O) groups is 3. The molecule has 3 atom stereocenters. The Labute approximate surface area is 426 Å². The first-order valence-electron chi connectivity index (χ1n) is 27.5. The molecule has 12 heteroatoms. The molecule has 0 aliphatic carbocycles. The van der Waals surface area contributed by atoms with Crippen LogP contribution in [0.3, 0.4) is 0 Å². The topological polar surface area (TPSA) is 155 Å². The molecule has 70 heavy (non-hydrogen) atoms. The third-order valence-electron chi connectivity index (χ3n) is 11.3. The molecule has 0 aliphatic heterocycles. The molecule has 0 fully saturated rings. The summed E-state index contributed by atoms with van der Waals surface area (Å²) in [6.45, 7) is 4.39. The van der Waals surface area contributed by atoms with E-state index in [1.807, 2.05) is 12.2 Å². The van der Waals surface area contributed by atoms with Crippen LogP contribution in [0.4, 0.5) is 0 Å². The number of hydrogen-bond donors (Lipinski definition) is 2. The molecule has 0 amide bonds. The first kappa shape index (κ1) is 66.7. The number of rotatable bonds is 50. The fourth-order valence-corrected chi connectivity index (χ4v) is 7.86. The van der Waals surface area contributed by atoms with Crippen LogP contribution in [-0.2, 0) is 42.2 Å². The van der Waals surface area contributed by atoms with E-state index in [1.54, 1.807) is 0 Å². The van der Waals surface area contributed by atoms with Crippen LogP contribution in [-0.4, -0.2) is 66.5 Å². The van der Waals surface area contributed by atoms with Crippen molar-refractivity contribution in [2.24, 2.45) is 0 Å². The van der Waals surface area contributed by atoms with Crippen LogP contribution < -0.4 is 0 Å². The van der Waals surface area contributed by atoms with Crippen molar-refractivity contribution in [3.05, 3.63) is 85.1 Å². The monoisotopic (exact) mass is 1000 g/mol. The van der Waals surface area contributed by atoms with Gasteiger partial charge in [-0.1, -0.05) is 189 Å². The van der Waals surface area contributed by atoms with E-state index in [1.165, 1.54) is 51.4 Å². The number of carbonyl (C=O) groups excluding carboxylic acids is 3. The highest BCUT2D eigenvalue weighted by atomic mass is 31.2. The molecule has 0 spiro atoms.